The molecule has 5 atom stereocenters. The molecular weight excluding hydrogens is 340 g/mol. The lowest BCUT2D eigenvalue weighted by atomic mass is 10.1. The predicted octanol–water partition coefficient (Wildman–Crippen LogP) is 2.24. The zero-order chi connectivity index (χ0) is 18.5. The summed E-state index contributed by atoms with van der Waals surface area (Å²) in [5.41, 5.74) is 0.454. The lowest BCUT2D eigenvalue weighted by Crippen LogP contribution is -2.40. The van der Waals surface area contributed by atoms with Gasteiger partial charge in [-0.2, -0.15) is 0 Å². The minimum Gasteiger partial charge on any atom is -0.429 e. The van der Waals surface area contributed by atoms with E-state index in [0.717, 1.165) is 0 Å². The topological polar surface area (TPSA) is 72.5 Å². The van der Waals surface area contributed by atoms with Gasteiger partial charge in [-0.25, -0.2) is 4.79 Å². The average molecular weight is 364 g/mol. The standard InChI is InChI=1S/C19H24O7/c1-18(2)21-10-12(24-18)13-14-15(26-19(3,4)25-14)17(22-13)23-16(20)11-8-6-5-7-9-11/h5-9,12-15,17H,10H2,1-4H3/t12-,13-,14+,15+,17-/m1/s1. The fourth-order valence-corrected chi connectivity index (χ4v) is 3.61. The van der Waals surface area contributed by atoms with Crippen LogP contribution >= 0.6 is 0 Å². The molecule has 3 fully saturated rings. The maximum atomic E-state index is 12.4. The zero-order valence-corrected chi connectivity index (χ0v) is 15.3. The Morgan fingerprint density at radius 3 is 2.31 bits per heavy atom. The highest BCUT2D eigenvalue weighted by Gasteiger charge is 2.60. The van der Waals surface area contributed by atoms with Gasteiger partial charge in [0.15, 0.2) is 17.7 Å². The van der Waals surface area contributed by atoms with Crippen molar-refractivity contribution in [3.63, 3.8) is 0 Å². The number of hydrogen-bond donors (Lipinski definition) is 0. The van der Waals surface area contributed by atoms with Crippen molar-refractivity contribution in [1.29, 1.82) is 0 Å². The first kappa shape index (κ1) is 17.9. The third-order valence-corrected chi connectivity index (χ3v) is 4.68. The molecule has 3 aliphatic rings. The Kier molecular flexibility index (Phi) is 4.32. The number of rotatable bonds is 3. The second-order valence-electron chi connectivity index (χ2n) is 7.67. The number of carbonyl (C=O) groups is 1. The van der Waals surface area contributed by atoms with Crippen LogP contribution in [0.25, 0.3) is 0 Å². The summed E-state index contributed by atoms with van der Waals surface area (Å²) in [6.07, 6.45) is -2.56. The van der Waals surface area contributed by atoms with Crippen LogP contribution in [-0.2, 0) is 28.4 Å². The molecular formula is C19H24O7. The maximum absolute atomic E-state index is 12.4. The van der Waals surface area contributed by atoms with Gasteiger partial charge in [-0.05, 0) is 39.8 Å². The fourth-order valence-electron chi connectivity index (χ4n) is 3.61. The van der Waals surface area contributed by atoms with Gasteiger partial charge in [0.05, 0.1) is 12.2 Å². The Morgan fingerprint density at radius 2 is 1.65 bits per heavy atom. The summed E-state index contributed by atoms with van der Waals surface area (Å²) in [4.78, 5) is 12.4. The first-order valence-electron chi connectivity index (χ1n) is 8.83. The van der Waals surface area contributed by atoms with Crippen LogP contribution in [0.4, 0.5) is 0 Å². The Labute approximate surface area is 152 Å². The van der Waals surface area contributed by atoms with E-state index in [4.69, 9.17) is 28.4 Å². The van der Waals surface area contributed by atoms with E-state index in [1.54, 1.807) is 24.3 Å². The van der Waals surface area contributed by atoms with Crippen LogP contribution in [0.1, 0.15) is 38.1 Å². The molecule has 0 bridgehead atoms. The molecule has 1 aromatic carbocycles. The normalized spacial score (nSPS) is 37.5. The Bertz CT molecular complexity index is 672. The molecule has 4 rings (SSSR count). The summed E-state index contributed by atoms with van der Waals surface area (Å²) in [5, 5.41) is 0. The van der Waals surface area contributed by atoms with E-state index in [1.165, 1.54) is 0 Å². The van der Waals surface area contributed by atoms with Crippen molar-refractivity contribution in [2.75, 3.05) is 6.61 Å². The van der Waals surface area contributed by atoms with Crippen LogP contribution in [0.2, 0.25) is 0 Å². The molecule has 0 aliphatic carbocycles. The highest BCUT2D eigenvalue weighted by molar-refractivity contribution is 5.89. The molecule has 0 N–H and O–H groups in total. The molecule has 7 nitrogen and oxygen atoms in total. The van der Waals surface area contributed by atoms with Crippen molar-refractivity contribution in [2.24, 2.45) is 0 Å². The van der Waals surface area contributed by atoms with Crippen molar-refractivity contribution in [2.45, 2.75) is 70.0 Å². The van der Waals surface area contributed by atoms with Crippen LogP contribution in [0.5, 0.6) is 0 Å². The molecule has 3 heterocycles. The monoisotopic (exact) mass is 364 g/mol. The van der Waals surface area contributed by atoms with E-state index in [-0.39, 0.29) is 6.10 Å². The Balaban J connectivity index is 1.51. The molecule has 7 heteroatoms. The molecule has 142 valence electrons. The predicted molar refractivity (Wildman–Crippen MR) is 89.2 cm³/mol. The molecule has 0 radical (unpaired) electrons. The molecule has 0 unspecified atom stereocenters. The lowest BCUT2D eigenvalue weighted by molar-refractivity contribution is -0.235. The third-order valence-electron chi connectivity index (χ3n) is 4.68. The smallest absolute Gasteiger partial charge is 0.340 e. The molecule has 3 saturated heterocycles. The third kappa shape index (κ3) is 3.37. The molecule has 0 spiro atoms. The van der Waals surface area contributed by atoms with Gasteiger partial charge in [0.2, 0.25) is 6.29 Å². The summed E-state index contributed by atoms with van der Waals surface area (Å²) in [7, 11) is 0. The van der Waals surface area contributed by atoms with Crippen LogP contribution in [0.15, 0.2) is 30.3 Å². The first-order valence-corrected chi connectivity index (χ1v) is 8.83. The van der Waals surface area contributed by atoms with Crippen molar-refractivity contribution in [1.82, 2.24) is 0 Å². The Hall–Kier alpha value is -1.51. The summed E-state index contributed by atoms with van der Waals surface area (Å²) >= 11 is 0. The highest BCUT2D eigenvalue weighted by atomic mass is 16.8. The maximum Gasteiger partial charge on any atom is 0.340 e. The zero-order valence-electron chi connectivity index (χ0n) is 15.3. The second-order valence-corrected chi connectivity index (χ2v) is 7.67. The van der Waals surface area contributed by atoms with Gasteiger partial charge in [0.1, 0.15) is 18.3 Å². The van der Waals surface area contributed by atoms with Crippen molar-refractivity contribution >= 4 is 5.97 Å². The molecule has 0 saturated carbocycles. The van der Waals surface area contributed by atoms with Crippen molar-refractivity contribution in [3.8, 4) is 0 Å². The van der Waals surface area contributed by atoms with Crippen LogP contribution < -0.4 is 0 Å². The summed E-state index contributed by atoms with van der Waals surface area (Å²) < 4.78 is 35.1. The number of hydrogen-bond acceptors (Lipinski definition) is 7. The van der Waals surface area contributed by atoms with E-state index < -0.39 is 42.1 Å². The molecule has 0 aromatic heterocycles. The van der Waals surface area contributed by atoms with Crippen LogP contribution in [0.3, 0.4) is 0 Å². The number of ether oxygens (including phenoxy) is 6. The van der Waals surface area contributed by atoms with Crippen molar-refractivity contribution < 1.29 is 33.2 Å². The average Bonchev–Trinajstić information content (AvgIpc) is 3.19. The van der Waals surface area contributed by atoms with Gasteiger partial charge in [-0.15, -0.1) is 0 Å². The van der Waals surface area contributed by atoms with E-state index in [2.05, 4.69) is 0 Å². The summed E-state index contributed by atoms with van der Waals surface area (Å²) in [6.45, 7) is 7.73. The minimum atomic E-state index is -0.869. The molecule has 26 heavy (non-hydrogen) atoms. The molecule has 1 aromatic rings. The van der Waals surface area contributed by atoms with Gasteiger partial charge in [0, 0.05) is 0 Å². The van der Waals surface area contributed by atoms with Gasteiger partial charge in [0.25, 0.3) is 0 Å². The summed E-state index contributed by atoms with van der Waals surface area (Å²) in [6, 6.07) is 8.78. The van der Waals surface area contributed by atoms with E-state index >= 15 is 0 Å². The van der Waals surface area contributed by atoms with Crippen LogP contribution in [-0.4, -0.2) is 54.9 Å². The van der Waals surface area contributed by atoms with E-state index in [1.807, 2.05) is 33.8 Å². The lowest BCUT2D eigenvalue weighted by Gasteiger charge is -2.26. The first-order chi connectivity index (χ1) is 12.2. The van der Waals surface area contributed by atoms with Gasteiger partial charge < -0.3 is 28.4 Å². The molecule has 0 amide bonds. The molecule has 3 aliphatic heterocycles. The number of fused-ring (bicyclic) bond motifs is 1. The van der Waals surface area contributed by atoms with Gasteiger partial charge in [-0.3, -0.25) is 0 Å². The van der Waals surface area contributed by atoms with E-state index in [0.29, 0.717) is 12.2 Å². The number of carbonyl (C=O) groups excluding carboxylic acids is 1. The van der Waals surface area contributed by atoms with Gasteiger partial charge >= 0.3 is 5.97 Å². The van der Waals surface area contributed by atoms with E-state index in [9.17, 15) is 4.79 Å². The van der Waals surface area contributed by atoms with Crippen molar-refractivity contribution in [3.05, 3.63) is 35.9 Å². The Morgan fingerprint density at radius 1 is 0.962 bits per heavy atom. The number of benzene rings is 1. The number of esters is 1. The SMILES string of the molecule is CC1(C)O[C@@H]2[C@H](O1)[C@@H](OC(=O)c1ccccc1)O[C@@H]2[C@H]1COC(C)(C)O1. The van der Waals surface area contributed by atoms with Crippen LogP contribution in [0, 0.1) is 0 Å². The highest BCUT2D eigenvalue weighted by Crippen LogP contribution is 2.42. The minimum absolute atomic E-state index is 0.324. The summed E-state index contributed by atoms with van der Waals surface area (Å²) in [5.74, 6) is -1.94. The van der Waals surface area contributed by atoms with Gasteiger partial charge in [-0.1, -0.05) is 18.2 Å². The largest absolute Gasteiger partial charge is 0.429 e. The fraction of sp³-hybridized carbons (Fsp3) is 0.632. The second kappa shape index (κ2) is 6.28. The quantitative estimate of drug-likeness (QED) is 0.762.